The average Bonchev–Trinajstić information content (AvgIpc) is 3.12. The fraction of sp³-hybridized carbons (Fsp3) is 1.00. The van der Waals surface area contributed by atoms with Crippen LogP contribution in [-0.4, -0.2) is 176 Å². The summed E-state index contributed by atoms with van der Waals surface area (Å²) < 4.78 is 373. The zero-order valence-corrected chi connectivity index (χ0v) is 30.1. The van der Waals surface area contributed by atoms with Crippen molar-refractivity contribution in [3.63, 3.8) is 0 Å². The molecule has 0 bridgehead atoms. The SMILES string of the molecule is OCCOCCOCCOCCOCCOCCOCCOCCC(F)(F)C(F)(F)C(F)(F)C(F)(F)C(F)(F)C(F)(F)C(F)(F)C(F)(F)C(F)(F)C(F)(F)C(F)(F)C(F)(F)F. The van der Waals surface area contributed by atoms with Gasteiger partial charge >= 0.3 is 71.3 Å². The molecule has 368 valence electrons. The van der Waals surface area contributed by atoms with Crippen molar-refractivity contribution in [3.8, 4) is 0 Å². The van der Waals surface area contributed by atoms with Crippen LogP contribution in [0.5, 0.6) is 0 Å². The predicted molar refractivity (Wildman–Crippen MR) is 148 cm³/mol. The molecule has 0 saturated carbocycles. The van der Waals surface area contributed by atoms with E-state index < -0.39 is 97.6 Å². The first-order chi connectivity index (χ1) is 27.3. The van der Waals surface area contributed by atoms with Crippen molar-refractivity contribution in [1.82, 2.24) is 0 Å². The van der Waals surface area contributed by atoms with Gasteiger partial charge in [0.2, 0.25) is 0 Å². The molecule has 0 aromatic heterocycles. The first kappa shape index (κ1) is 58.9. The summed E-state index contributed by atoms with van der Waals surface area (Å²) in [5.41, 5.74) is 0. The number of rotatable bonds is 33. The molecule has 0 amide bonds. The van der Waals surface area contributed by atoms with Crippen LogP contribution in [0.4, 0.5) is 110 Å². The van der Waals surface area contributed by atoms with Crippen LogP contribution in [0.15, 0.2) is 0 Å². The van der Waals surface area contributed by atoms with E-state index in [0.29, 0.717) is 0 Å². The van der Waals surface area contributed by atoms with Gasteiger partial charge in [-0.25, -0.2) is 0 Å². The molecule has 8 nitrogen and oxygen atoms in total. The highest BCUT2D eigenvalue weighted by molar-refractivity contribution is 5.19. The van der Waals surface area contributed by atoms with Crippen molar-refractivity contribution in [2.45, 2.75) is 77.7 Å². The molecule has 0 aliphatic heterocycles. The van der Waals surface area contributed by atoms with Crippen molar-refractivity contribution in [2.24, 2.45) is 0 Å². The van der Waals surface area contributed by atoms with Gasteiger partial charge in [-0.3, -0.25) is 0 Å². The largest absolute Gasteiger partial charge is 0.460 e. The number of aliphatic hydroxyl groups excluding tert-OH is 1. The Labute approximate surface area is 325 Å². The third-order valence-corrected chi connectivity index (χ3v) is 7.39. The summed E-state index contributed by atoms with van der Waals surface area (Å²) in [5, 5.41) is 8.52. The number of halogens is 25. The molecule has 0 aliphatic rings. The Balaban J connectivity index is 5.30. The van der Waals surface area contributed by atoms with E-state index in [-0.39, 0.29) is 79.3 Å². The zero-order valence-electron chi connectivity index (χ0n) is 30.1. The van der Waals surface area contributed by atoms with Gasteiger partial charge in [0.05, 0.1) is 99.1 Å². The lowest BCUT2D eigenvalue weighted by molar-refractivity contribution is -0.482. The third kappa shape index (κ3) is 12.2. The molecule has 61 heavy (non-hydrogen) atoms. The predicted octanol–water partition coefficient (Wildman–Crippen LogP) is 8.04. The van der Waals surface area contributed by atoms with Gasteiger partial charge < -0.3 is 38.3 Å². The van der Waals surface area contributed by atoms with Gasteiger partial charge in [-0.05, 0) is 0 Å². The van der Waals surface area contributed by atoms with Crippen molar-refractivity contribution < 1.29 is 148 Å². The second kappa shape index (κ2) is 21.7. The summed E-state index contributed by atoms with van der Waals surface area (Å²) >= 11 is 0. The van der Waals surface area contributed by atoms with E-state index >= 15 is 0 Å². The monoisotopic (exact) mass is 972 g/mol. The number of hydrogen-bond acceptors (Lipinski definition) is 8. The van der Waals surface area contributed by atoms with Gasteiger partial charge in [-0.2, -0.15) is 110 Å². The van der Waals surface area contributed by atoms with E-state index in [1.54, 1.807) is 0 Å². The Morgan fingerprint density at radius 1 is 0.230 bits per heavy atom. The molecule has 0 spiro atoms. The Kier molecular flexibility index (Phi) is 21.0. The van der Waals surface area contributed by atoms with Crippen LogP contribution < -0.4 is 0 Å². The molecular weight excluding hydrogens is 939 g/mol. The maximum absolute atomic E-state index is 14.1. The van der Waals surface area contributed by atoms with Crippen LogP contribution in [0, 0.1) is 0 Å². The highest BCUT2D eigenvalue weighted by Crippen LogP contribution is 2.67. The Hall–Kier alpha value is -2.07. The van der Waals surface area contributed by atoms with Gasteiger partial charge in [-0.1, -0.05) is 0 Å². The van der Waals surface area contributed by atoms with E-state index in [1.807, 2.05) is 0 Å². The van der Waals surface area contributed by atoms with Gasteiger partial charge in [0, 0.05) is 6.42 Å². The summed E-state index contributed by atoms with van der Waals surface area (Å²) in [6.45, 7) is -2.70. The molecule has 0 atom stereocenters. The van der Waals surface area contributed by atoms with Crippen molar-refractivity contribution in [2.75, 3.05) is 99.1 Å². The summed E-state index contributed by atoms with van der Waals surface area (Å²) in [4.78, 5) is 0. The number of alkyl halides is 25. The maximum Gasteiger partial charge on any atom is 0.460 e. The van der Waals surface area contributed by atoms with Gasteiger partial charge in [0.15, 0.2) is 0 Å². The molecule has 0 radical (unpaired) electrons. The molecule has 33 heteroatoms. The fourth-order valence-corrected chi connectivity index (χ4v) is 3.83. The smallest absolute Gasteiger partial charge is 0.394 e. The molecule has 0 fully saturated rings. The van der Waals surface area contributed by atoms with E-state index in [1.165, 1.54) is 0 Å². The lowest BCUT2D eigenvalue weighted by Gasteiger charge is -2.45. The lowest BCUT2D eigenvalue weighted by atomic mass is 9.84. The van der Waals surface area contributed by atoms with Crippen LogP contribution in [0.1, 0.15) is 6.42 Å². The minimum atomic E-state index is -9.63. The highest BCUT2D eigenvalue weighted by Gasteiger charge is 2.99. The van der Waals surface area contributed by atoms with E-state index in [9.17, 15) is 110 Å². The van der Waals surface area contributed by atoms with E-state index in [2.05, 4.69) is 4.74 Å². The highest BCUT2D eigenvalue weighted by atomic mass is 19.4. The molecule has 0 aliphatic carbocycles. The number of aliphatic hydroxyl groups is 1. The topological polar surface area (TPSA) is 84.8 Å². The minimum absolute atomic E-state index is 0.0238. The quantitative estimate of drug-likeness (QED) is 0.0524. The van der Waals surface area contributed by atoms with Gasteiger partial charge in [-0.15, -0.1) is 0 Å². The second-order valence-electron chi connectivity index (χ2n) is 11.7. The van der Waals surface area contributed by atoms with Crippen LogP contribution in [0.3, 0.4) is 0 Å². The molecule has 0 unspecified atom stereocenters. The van der Waals surface area contributed by atoms with Crippen molar-refractivity contribution >= 4 is 0 Å². The van der Waals surface area contributed by atoms with E-state index in [0.717, 1.165) is 0 Å². The average molecular weight is 973 g/mol. The van der Waals surface area contributed by atoms with Gasteiger partial charge in [0.1, 0.15) is 0 Å². The third-order valence-electron chi connectivity index (χ3n) is 7.39. The van der Waals surface area contributed by atoms with Crippen molar-refractivity contribution in [3.05, 3.63) is 0 Å². The van der Waals surface area contributed by atoms with Crippen LogP contribution in [0.2, 0.25) is 0 Å². The summed E-state index contributed by atoms with van der Waals surface area (Å²) in [6.07, 6.45) is -11.2. The molecule has 0 aromatic carbocycles. The van der Waals surface area contributed by atoms with Crippen LogP contribution in [0.25, 0.3) is 0 Å². The first-order valence-corrected chi connectivity index (χ1v) is 16.2. The molecule has 0 aromatic rings. The number of ether oxygens (including phenoxy) is 7. The Morgan fingerprint density at radius 2 is 0.410 bits per heavy atom. The van der Waals surface area contributed by atoms with Crippen LogP contribution in [-0.2, 0) is 33.2 Å². The van der Waals surface area contributed by atoms with Crippen molar-refractivity contribution in [1.29, 1.82) is 0 Å². The van der Waals surface area contributed by atoms with Crippen LogP contribution >= 0.6 is 0 Å². The minimum Gasteiger partial charge on any atom is -0.394 e. The maximum atomic E-state index is 14.1. The molecule has 0 rings (SSSR count). The molecular formula is C28H33F25O8. The second-order valence-corrected chi connectivity index (χ2v) is 11.7. The summed E-state index contributed by atoms with van der Waals surface area (Å²) in [7, 11) is 0. The fourth-order valence-electron chi connectivity index (χ4n) is 3.83. The van der Waals surface area contributed by atoms with E-state index in [4.69, 9.17) is 33.5 Å². The zero-order chi connectivity index (χ0) is 48.3. The Morgan fingerprint density at radius 3 is 0.623 bits per heavy atom. The molecule has 0 heterocycles. The standard InChI is InChI=1S/C28H33F25O8/c29-17(30,1-3-55-5-7-57-9-11-59-13-15-61-16-14-60-12-10-58-8-6-56-4-2-54)18(31,32)19(33,34)20(35,36)21(37,38)22(39,40)23(41,42)24(43,44)25(45,46)26(47,48)27(49,50)28(51,52)53/h54H,1-16H2. The summed E-state index contributed by atoms with van der Waals surface area (Å²) in [5.74, 6) is -98.6. The Bertz CT molecular complexity index is 1280. The number of hydrogen-bond donors (Lipinski definition) is 1. The summed E-state index contributed by atoms with van der Waals surface area (Å²) in [6, 6.07) is 0. The molecule has 1 N–H and O–H groups in total. The normalized spacial score (nSPS) is 15.2. The molecule has 0 saturated heterocycles. The lowest BCUT2D eigenvalue weighted by Crippen LogP contribution is -2.78. The first-order valence-electron chi connectivity index (χ1n) is 16.2. The van der Waals surface area contributed by atoms with Gasteiger partial charge in [0.25, 0.3) is 0 Å².